The third-order valence-electron chi connectivity index (χ3n) is 2.87. The summed E-state index contributed by atoms with van der Waals surface area (Å²) in [5.74, 6) is 0.179. The Balaban J connectivity index is 1.87. The molecular weight excluding hydrogens is 292 g/mol. The zero-order valence-electron chi connectivity index (χ0n) is 11.1. The van der Waals surface area contributed by atoms with Crippen molar-refractivity contribution >= 4 is 29.4 Å². The van der Waals surface area contributed by atoms with E-state index in [4.69, 9.17) is 16.0 Å². The Labute approximate surface area is 125 Å². The van der Waals surface area contributed by atoms with E-state index in [1.54, 1.807) is 41.8 Å². The van der Waals surface area contributed by atoms with Gasteiger partial charge in [-0.15, -0.1) is 0 Å². The Hall–Kier alpha value is -2.60. The van der Waals surface area contributed by atoms with Crippen molar-refractivity contribution in [1.82, 2.24) is 14.8 Å². The number of rotatable bonds is 3. The van der Waals surface area contributed by atoms with Crippen LogP contribution in [-0.2, 0) is 0 Å². The van der Waals surface area contributed by atoms with Crippen LogP contribution in [0.2, 0.25) is 5.02 Å². The summed E-state index contributed by atoms with van der Waals surface area (Å²) >= 11 is 5.95. The van der Waals surface area contributed by atoms with Gasteiger partial charge >= 0.3 is 0 Å². The maximum atomic E-state index is 12.2. The number of fused-ring (bicyclic) bond motifs is 1. The van der Waals surface area contributed by atoms with Gasteiger partial charge in [0.1, 0.15) is 17.1 Å². The van der Waals surface area contributed by atoms with E-state index in [1.165, 1.54) is 12.5 Å². The molecule has 0 aliphatic rings. The highest BCUT2D eigenvalue weighted by Crippen LogP contribution is 2.16. The van der Waals surface area contributed by atoms with Crippen molar-refractivity contribution in [3.05, 3.63) is 58.9 Å². The van der Waals surface area contributed by atoms with Crippen LogP contribution in [0.25, 0.3) is 5.65 Å². The van der Waals surface area contributed by atoms with E-state index >= 15 is 0 Å². The van der Waals surface area contributed by atoms with Crippen molar-refractivity contribution in [2.75, 3.05) is 0 Å². The molecule has 0 fully saturated rings. The number of pyridine rings is 1. The van der Waals surface area contributed by atoms with Crippen LogP contribution in [0.1, 0.15) is 21.9 Å². The topological polar surface area (TPSA) is 71.9 Å². The van der Waals surface area contributed by atoms with Gasteiger partial charge in [-0.2, -0.15) is 5.10 Å². The van der Waals surface area contributed by atoms with Crippen LogP contribution in [0.15, 0.2) is 46.2 Å². The van der Waals surface area contributed by atoms with Crippen LogP contribution in [0.5, 0.6) is 0 Å². The number of hydrogen-bond donors (Lipinski definition) is 1. The molecule has 0 aliphatic heterocycles. The highest BCUT2D eigenvalue weighted by Gasteiger charge is 2.16. The first kappa shape index (κ1) is 13.4. The molecule has 0 atom stereocenters. The van der Waals surface area contributed by atoms with Gasteiger partial charge in [-0.1, -0.05) is 11.6 Å². The third kappa shape index (κ3) is 2.66. The van der Waals surface area contributed by atoms with Gasteiger partial charge in [-0.25, -0.2) is 10.4 Å². The number of nitrogens with zero attached hydrogens (tertiary/aromatic N) is 3. The number of furan rings is 1. The molecule has 0 bridgehead atoms. The lowest BCUT2D eigenvalue weighted by Crippen LogP contribution is -2.20. The lowest BCUT2D eigenvalue weighted by molar-refractivity contribution is 0.0948. The molecule has 106 valence electrons. The summed E-state index contributed by atoms with van der Waals surface area (Å²) in [4.78, 5) is 16.5. The molecule has 3 rings (SSSR count). The van der Waals surface area contributed by atoms with Crippen LogP contribution >= 0.6 is 11.6 Å². The number of aromatic nitrogens is 2. The standard InChI is InChI=1S/C14H11ClN4O2/c1-9-13(19-8-10(15)4-5-12(19)17-9)14(20)18-16-7-11-3-2-6-21-11/h2-8H,1H3,(H,18,20)/b16-7-. The lowest BCUT2D eigenvalue weighted by Gasteiger charge is -2.01. The zero-order valence-corrected chi connectivity index (χ0v) is 11.8. The minimum absolute atomic E-state index is 0.370. The zero-order chi connectivity index (χ0) is 14.8. The van der Waals surface area contributed by atoms with Gasteiger partial charge in [0.2, 0.25) is 0 Å². The van der Waals surface area contributed by atoms with Crippen LogP contribution in [0.3, 0.4) is 0 Å². The largest absolute Gasteiger partial charge is 0.463 e. The highest BCUT2D eigenvalue weighted by molar-refractivity contribution is 6.30. The molecule has 6 nitrogen and oxygen atoms in total. The third-order valence-corrected chi connectivity index (χ3v) is 3.10. The number of carbonyl (C=O) groups excluding carboxylic acids is 1. The summed E-state index contributed by atoms with van der Waals surface area (Å²) in [5.41, 5.74) is 4.09. The van der Waals surface area contributed by atoms with Crippen molar-refractivity contribution in [2.45, 2.75) is 6.92 Å². The van der Waals surface area contributed by atoms with Gasteiger partial charge in [0, 0.05) is 6.20 Å². The van der Waals surface area contributed by atoms with Gasteiger partial charge < -0.3 is 4.42 Å². The summed E-state index contributed by atoms with van der Waals surface area (Å²) in [7, 11) is 0. The Kier molecular flexibility index (Phi) is 3.45. The van der Waals surface area contributed by atoms with Gasteiger partial charge in [-0.05, 0) is 31.2 Å². The van der Waals surface area contributed by atoms with Crippen LogP contribution in [-0.4, -0.2) is 21.5 Å². The first-order valence-corrected chi connectivity index (χ1v) is 6.54. The second-order valence-electron chi connectivity index (χ2n) is 4.34. The average molecular weight is 303 g/mol. The smallest absolute Gasteiger partial charge is 0.290 e. The fraction of sp³-hybridized carbons (Fsp3) is 0.0714. The van der Waals surface area contributed by atoms with Crippen LogP contribution in [0, 0.1) is 6.92 Å². The van der Waals surface area contributed by atoms with Crippen molar-refractivity contribution in [2.24, 2.45) is 5.10 Å². The van der Waals surface area contributed by atoms with Gasteiger partial charge in [0.05, 0.1) is 23.2 Å². The fourth-order valence-corrected chi connectivity index (χ4v) is 2.14. The molecule has 1 N–H and O–H groups in total. The van der Waals surface area contributed by atoms with Crippen molar-refractivity contribution in [3.8, 4) is 0 Å². The number of imidazole rings is 1. The molecule has 3 aromatic heterocycles. The molecule has 21 heavy (non-hydrogen) atoms. The van der Waals surface area contributed by atoms with Crippen LogP contribution in [0.4, 0.5) is 0 Å². The second kappa shape index (κ2) is 5.41. The number of amides is 1. The molecule has 0 aromatic carbocycles. The van der Waals surface area contributed by atoms with E-state index in [-0.39, 0.29) is 5.91 Å². The first-order valence-electron chi connectivity index (χ1n) is 6.16. The minimum Gasteiger partial charge on any atom is -0.463 e. The Bertz CT molecular complexity index is 821. The molecule has 1 amide bonds. The van der Waals surface area contributed by atoms with E-state index < -0.39 is 0 Å². The normalized spacial score (nSPS) is 11.3. The summed E-state index contributed by atoms with van der Waals surface area (Å²) in [6, 6.07) is 6.94. The summed E-state index contributed by atoms with van der Waals surface area (Å²) < 4.78 is 6.71. The van der Waals surface area contributed by atoms with E-state index in [2.05, 4.69) is 15.5 Å². The molecule has 0 radical (unpaired) electrons. The molecule has 0 unspecified atom stereocenters. The number of nitrogens with one attached hydrogen (secondary N) is 1. The fourth-order valence-electron chi connectivity index (χ4n) is 1.98. The van der Waals surface area contributed by atoms with Crippen molar-refractivity contribution in [3.63, 3.8) is 0 Å². The van der Waals surface area contributed by atoms with E-state index in [0.717, 1.165) is 0 Å². The van der Waals surface area contributed by atoms with Crippen LogP contribution < -0.4 is 5.43 Å². The molecule has 0 saturated heterocycles. The van der Waals surface area contributed by atoms with Crippen molar-refractivity contribution in [1.29, 1.82) is 0 Å². The molecule has 3 heterocycles. The van der Waals surface area contributed by atoms with E-state index in [1.807, 2.05) is 0 Å². The summed E-state index contributed by atoms with van der Waals surface area (Å²) in [6.45, 7) is 1.76. The molecule has 0 aliphatic carbocycles. The van der Waals surface area contributed by atoms with E-state index in [9.17, 15) is 4.79 Å². The maximum absolute atomic E-state index is 12.2. The second-order valence-corrected chi connectivity index (χ2v) is 4.77. The maximum Gasteiger partial charge on any atom is 0.290 e. The van der Waals surface area contributed by atoms with Gasteiger partial charge in [-0.3, -0.25) is 9.20 Å². The quantitative estimate of drug-likeness (QED) is 0.597. The predicted octanol–water partition coefficient (Wildman–Crippen LogP) is 2.65. The molecular formula is C14H11ClN4O2. The summed E-state index contributed by atoms with van der Waals surface area (Å²) in [5, 5.41) is 4.37. The first-order chi connectivity index (χ1) is 10.1. The van der Waals surface area contributed by atoms with Gasteiger partial charge in [0.15, 0.2) is 0 Å². The van der Waals surface area contributed by atoms with Crippen molar-refractivity contribution < 1.29 is 9.21 Å². The molecule has 7 heteroatoms. The number of carbonyl (C=O) groups is 1. The monoisotopic (exact) mass is 302 g/mol. The summed E-state index contributed by atoms with van der Waals surface area (Å²) in [6.07, 6.45) is 4.59. The molecule has 3 aromatic rings. The Morgan fingerprint density at radius 3 is 3.10 bits per heavy atom. The average Bonchev–Trinajstić information content (AvgIpc) is 3.05. The minimum atomic E-state index is -0.370. The molecule has 0 saturated carbocycles. The Morgan fingerprint density at radius 1 is 1.48 bits per heavy atom. The number of halogens is 1. The van der Waals surface area contributed by atoms with Gasteiger partial charge in [0.25, 0.3) is 5.91 Å². The Morgan fingerprint density at radius 2 is 2.33 bits per heavy atom. The number of aryl methyl sites for hydroxylation is 1. The highest BCUT2D eigenvalue weighted by atomic mass is 35.5. The lowest BCUT2D eigenvalue weighted by atomic mass is 10.3. The SMILES string of the molecule is Cc1nc2ccc(Cl)cn2c1C(=O)N/N=C\c1ccco1. The molecule has 0 spiro atoms. The number of hydrogen-bond acceptors (Lipinski definition) is 4. The van der Waals surface area contributed by atoms with E-state index in [0.29, 0.717) is 27.8 Å². The number of hydrazone groups is 1. The predicted molar refractivity (Wildman–Crippen MR) is 78.7 cm³/mol.